The first-order valence-electron chi connectivity index (χ1n) is 7.31. The molecule has 1 aromatic carbocycles. The van der Waals surface area contributed by atoms with Crippen LogP contribution in [0, 0.1) is 6.92 Å². The lowest BCUT2D eigenvalue weighted by molar-refractivity contribution is 0.0693. The van der Waals surface area contributed by atoms with Crippen LogP contribution in [0.1, 0.15) is 22.8 Å². The zero-order valence-electron chi connectivity index (χ0n) is 13.1. The molecule has 0 saturated carbocycles. The number of aromatic carboxylic acids is 1. The van der Waals surface area contributed by atoms with Crippen LogP contribution in [0.5, 0.6) is 5.75 Å². The van der Waals surface area contributed by atoms with Gasteiger partial charge in [-0.1, -0.05) is 0 Å². The Bertz CT molecular complexity index is 734. The lowest BCUT2D eigenvalue weighted by atomic mass is 10.1. The van der Waals surface area contributed by atoms with Crippen molar-refractivity contribution in [2.75, 3.05) is 19.8 Å². The Morgan fingerprint density at radius 2 is 1.87 bits per heavy atom. The molecule has 1 aromatic heterocycles. The summed E-state index contributed by atoms with van der Waals surface area (Å²) in [5.41, 5.74) is 0.247. The number of pyridine rings is 1. The molecular weight excluding hydrogens is 298 g/mol. The van der Waals surface area contributed by atoms with Gasteiger partial charge in [-0.2, -0.15) is 0 Å². The van der Waals surface area contributed by atoms with Crippen LogP contribution in [-0.2, 0) is 4.74 Å². The predicted molar refractivity (Wildman–Crippen MR) is 85.7 cm³/mol. The first-order valence-corrected chi connectivity index (χ1v) is 7.31. The van der Waals surface area contributed by atoms with Crippen LogP contribution in [0.2, 0.25) is 0 Å². The summed E-state index contributed by atoms with van der Waals surface area (Å²) in [6.07, 6.45) is 1.56. The van der Waals surface area contributed by atoms with Crippen molar-refractivity contribution >= 4 is 5.97 Å². The summed E-state index contributed by atoms with van der Waals surface area (Å²) in [4.78, 5) is 23.5. The minimum absolute atomic E-state index is 0.218. The highest BCUT2D eigenvalue weighted by Crippen LogP contribution is 2.15. The Morgan fingerprint density at radius 3 is 2.48 bits per heavy atom. The molecule has 0 atom stereocenters. The Kier molecular flexibility index (Phi) is 5.54. The smallest absolute Gasteiger partial charge is 0.341 e. The van der Waals surface area contributed by atoms with Crippen LogP contribution in [0.25, 0.3) is 5.69 Å². The minimum Gasteiger partial charge on any atom is -0.491 e. The molecule has 6 heteroatoms. The maximum Gasteiger partial charge on any atom is 0.341 e. The van der Waals surface area contributed by atoms with Crippen LogP contribution in [0.4, 0.5) is 0 Å². The van der Waals surface area contributed by atoms with Crippen molar-refractivity contribution < 1.29 is 19.4 Å². The van der Waals surface area contributed by atoms with Gasteiger partial charge >= 0.3 is 5.97 Å². The number of nitrogens with zero attached hydrogens (tertiary/aromatic N) is 1. The maximum absolute atomic E-state index is 12.3. The number of carboxylic acids is 1. The largest absolute Gasteiger partial charge is 0.491 e. The summed E-state index contributed by atoms with van der Waals surface area (Å²) in [5, 5.41) is 9.16. The first kappa shape index (κ1) is 16.8. The van der Waals surface area contributed by atoms with E-state index in [4.69, 9.17) is 14.6 Å². The third-order valence-electron chi connectivity index (χ3n) is 3.33. The van der Waals surface area contributed by atoms with E-state index in [9.17, 15) is 9.59 Å². The lowest BCUT2D eigenvalue weighted by Gasteiger charge is -2.10. The number of hydrogen-bond donors (Lipinski definition) is 1. The molecule has 1 heterocycles. The zero-order chi connectivity index (χ0) is 16.8. The third-order valence-corrected chi connectivity index (χ3v) is 3.33. The topological polar surface area (TPSA) is 77.8 Å². The second-order valence-corrected chi connectivity index (χ2v) is 4.89. The molecular formula is C17H19NO5. The van der Waals surface area contributed by atoms with Crippen LogP contribution in [0.15, 0.2) is 41.3 Å². The quantitative estimate of drug-likeness (QED) is 0.793. The van der Waals surface area contributed by atoms with Gasteiger partial charge in [0.15, 0.2) is 0 Å². The summed E-state index contributed by atoms with van der Waals surface area (Å²) < 4.78 is 12.0. The SMILES string of the molecule is CCOCCOc1ccc(-n2ccc(C)c(C(=O)O)c2=O)cc1. The van der Waals surface area contributed by atoms with Gasteiger partial charge in [-0.15, -0.1) is 0 Å². The molecule has 0 saturated heterocycles. The Hall–Kier alpha value is -2.60. The average molecular weight is 317 g/mol. The standard InChI is InChI=1S/C17H19NO5/c1-3-22-10-11-23-14-6-4-13(5-7-14)18-9-8-12(2)15(16(18)19)17(20)21/h4-9H,3,10-11H2,1-2H3,(H,20,21). The molecule has 23 heavy (non-hydrogen) atoms. The number of hydrogen-bond acceptors (Lipinski definition) is 4. The van der Waals surface area contributed by atoms with Crippen molar-refractivity contribution in [1.29, 1.82) is 0 Å². The van der Waals surface area contributed by atoms with E-state index in [1.165, 1.54) is 4.57 Å². The van der Waals surface area contributed by atoms with Crippen molar-refractivity contribution in [3.05, 3.63) is 58.0 Å². The highest BCUT2D eigenvalue weighted by Gasteiger charge is 2.15. The minimum atomic E-state index is -1.22. The van der Waals surface area contributed by atoms with Crippen LogP contribution < -0.4 is 10.3 Å². The van der Waals surface area contributed by atoms with Gasteiger partial charge in [0.25, 0.3) is 5.56 Å². The van der Waals surface area contributed by atoms with Crippen LogP contribution >= 0.6 is 0 Å². The Labute approximate surface area is 133 Å². The predicted octanol–water partition coefficient (Wildman–Crippen LogP) is 2.26. The average Bonchev–Trinajstić information content (AvgIpc) is 2.52. The van der Waals surface area contributed by atoms with E-state index in [0.29, 0.717) is 36.8 Å². The van der Waals surface area contributed by atoms with E-state index in [1.807, 2.05) is 6.92 Å². The van der Waals surface area contributed by atoms with Gasteiger partial charge in [0, 0.05) is 18.5 Å². The van der Waals surface area contributed by atoms with Gasteiger partial charge in [0.05, 0.1) is 6.61 Å². The van der Waals surface area contributed by atoms with Gasteiger partial charge in [-0.25, -0.2) is 4.79 Å². The molecule has 0 aliphatic heterocycles. The van der Waals surface area contributed by atoms with Crippen molar-refractivity contribution in [2.45, 2.75) is 13.8 Å². The molecule has 0 amide bonds. The monoisotopic (exact) mass is 317 g/mol. The molecule has 0 unspecified atom stereocenters. The van der Waals surface area contributed by atoms with E-state index in [-0.39, 0.29) is 5.56 Å². The maximum atomic E-state index is 12.3. The second-order valence-electron chi connectivity index (χ2n) is 4.89. The number of aromatic nitrogens is 1. The van der Waals surface area contributed by atoms with E-state index < -0.39 is 11.5 Å². The fourth-order valence-corrected chi connectivity index (χ4v) is 2.16. The molecule has 0 aliphatic carbocycles. The number of rotatable bonds is 7. The number of carbonyl (C=O) groups is 1. The number of benzene rings is 1. The van der Waals surface area contributed by atoms with Gasteiger partial charge in [-0.05, 0) is 49.7 Å². The Balaban J connectivity index is 2.22. The fourth-order valence-electron chi connectivity index (χ4n) is 2.16. The lowest BCUT2D eigenvalue weighted by Crippen LogP contribution is -2.26. The van der Waals surface area contributed by atoms with E-state index >= 15 is 0 Å². The molecule has 0 spiro atoms. The molecule has 0 fully saturated rings. The number of aryl methyl sites for hydroxylation is 1. The molecule has 1 N–H and O–H groups in total. The summed E-state index contributed by atoms with van der Waals surface area (Å²) in [6, 6.07) is 8.48. The zero-order valence-corrected chi connectivity index (χ0v) is 13.1. The fraction of sp³-hybridized carbons (Fsp3) is 0.294. The van der Waals surface area contributed by atoms with Crippen LogP contribution in [-0.4, -0.2) is 35.5 Å². The van der Waals surface area contributed by atoms with Gasteiger partial charge in [0.2, 0.25) is 0 Å². The molecule has 2 aromatic rings. The van der Waals surface area contributed by atoms with Crippen molar-refractivity contribution in [2.24, 2.45) is 0 Å². The summed E-state index contributed by atoms with van der Waals surface area (Å²) in [5.74, 6) is -0.565. The molecule has 0 bridgehead atoms. The number of ether oxygens (including phenoxy) is 2. The first-order chi connectivity index (χ1) is 11.0. The molecule has 6 nitrogen and oxygen atoms in total. The summed E-state index contributed by atoms with van der Waals surface area (Å²) in [6.45, 7) is 5.12. The number of carboxylic acid groups (broad SMARTS) is 1. The molecule has 0 aliphatic rings. The van der Waals surface area contributed by atoms with Crippen molar-refractivity contribution in [3.63, 3.8) is 0 Å². The summed E-state index contributed by atoms with van der Waals surface area (Å²) in [7, 11) is 0. The molecule has 122 valence electrons. The van der Waals surface area contributed by atoms with Gasteiger partial charge in [0.1, 0.15) is 17.9 Å². The van der Waals surface area contributed by atoms with Gasteiger partial charge in [-0.3, -0.25) is 9.36 Å². The molecule has 0 radical (unpaired) electrons. The summed E-state index contributed by atoms with van der Waals surface area (Å²) >= 11 is 0. The van der Waals surface area contributed by atoms with E-state index in [1.54, 1.807) is 43.5 Å². The van der Waals surface area contributed by atoms with E-state index in [2.05, 4.69) is 0 Å². The van der Waals surface area contributed by atoms with Crippen molar-refractivity contribution in [1.82, 2.24) is 4.57 Å². The van der Waals surface area contributed by atoms with Crippen molar-refractivity contribution in [3.8, 4) is 11.4 Å². The highest BCUT2D eigenvalue weighted by molar-refractivity contribution is 5.88. The third kappa shape index (κ3) is 3.98. The normalized spacial score (nSPS) is 10.5. The van der Waals surface area contributed by atoms with Crippen LogP contribution in [0.3, 0.4) is 0 Å². The van der Waals surface area contributed by atoms with Gasteiger partial charge < -0.3 is 14.6 Å². The Morgan fingerprint density at radius 1 is 1.17 bits per heavy atom. The highest BCUT2D eigenvalue weighted by atomic mass is 16.5. The van der Waals surface area contributed by atoms with E-state index in [0.717, 1.165) is 0 Å². The molecule has 2 rings (SSSR count). The second kappa shape index (κ2) is 7.60.